The fraction of sp³-hybridized carbons (Fsp3) is 0.381. The van der Waals surface area contributed by atoms with E-state index in [9.17, 15) is 4.79 Å². The molecule has 2 heterocycles. The topological polar surface area (TPSA) is 66.0 Å². The Labute approximate surface area is 158 Å². The molecule has 1 N–H and O–H groups in total. The van der Waals surface area contributed by atoms with Crippen LogP contribution in [0.2, 0.25) is 0 Å². The number of benzene rings is 2. The maximum Gasteiger partial charge on any atom is 0.224 e. The minimum atomic E-state index is -0.133. The molecule has 2 aliphatic heterocycles. The van der Waals surface area contributed by atoms with E-state index in [1.54, 1.807) is 0 Å². The van der Waals surface area contributed by atoms with Gasteiger partial charge in [-0.3, -0.25) is 4.79 Å². The summed E-state index contributed by atoms with van der Waals surface area (Å²) in [4.78, 5) is 12.5. The fourth-order valence-electron chi connectivity index (χ4n) is 3.21. The SMILES string of the molecule is CC(NC(=O)Cc1ccc2c(c1)OCCO2)c1ccc2c(c1)OCCCO2. The third kappa shape index (κ3) is 4.10. The molecule has 0 bridgehead atoms. The van der Waals surface area contributed by atoms with Crippen LogP contribution in [0, 0.1) is 0 Å². The van der Waals surface area contributed by atoms with Crippen molar-refractivity contribution in [3.05, 3.63) is 47.5 Å². The van der Waals surface area contributed by atoms with Crippen LogP contribution >= 0.6 is 0 Å². The van der Waals surface area contributed by atoms with Crippen molar-refractivity contribution in [3.8, 4) is 23.0 Å². The predicted molar refractivity (Wildman–Crippen MR) is 99.7 cm³/mol. The number of ether oxygens (including phenoxy) is 4. The summed E-state index contributed by atoms with van der Waals surface area (Å²) in [5.41, 5.74) is 1.87. The number of amides is 1. The number of fused-ring (bicyclic) bond motifs is 2. The lowest BCUT2D eigenvalue weighted by atomic mass is 10.1. The first kappa shape index (κ1) is 17.5. The first-order valence-electron chi connectivity index (χ1n) is 9.26. The van der Waals surface area contributed by atoms with Crippen molar-refractivity contribution in [2.45, 2.75) is 25.8 Å². The van der Waals surface area contributed by atoms with E-state index in [-0.39, 0.29) is 18.4 Å². The third-order valence-electron chi connectivity index (χ3n) is 4.62. The highest BCUT2D eigenvalue weighted by Gasteiger charge is 2.17. The maximum absolute atomic E-state index is 12.5. The first-order chi connectivity index (χ1) is 13.2. The smallest absolute Gasteiger partial charge is 0.224 e. The molecule has 0 aliphatic carbocycles. The second kappa shape index (κ2) is 7.78. The van der Waals surface area contributed by atoms with Crippen LogP contribution in [-0.2, 0) is 11.2 Å². The van der Waals surface area contributed by atoms with Crippen molar-refractivity contribution >= 4 is 5.91 Å². The Bertz CT molecular complexity index is 835. The van der Waals surface area contributed by atoms with Crippen LogP contribution in [0.5, 0.6) is 23.0 Å². The summed E-state index contributed by atoms with van der Waals surface area (Å²) in [6, 6.07) is 11.3. The molecular formula is C21H23NO5. The van der Waals surface area contributed by atoms with Gasteiger partial charge in [0.05, 0.1) is 25.7 Å². The van der Waals surface area contributed by atoms with Gasteiger partial charge in [0.1, 0.15) is 13.2 Å². The summed E-state index contributed by atoms with van der Waals surface area (Å²) in [6.45, 7) is 4.35. The summed E-state index contributed by atoms with van der Waals surface area (Å²) in [7, 11) is 0. The highest BCUT2D eigenvalue weighted by molar-refractivity contribution is 5.79. The molecule has 6 nitrogen and oxygen atoms in total. The fourth-order valence-corrected chi connectivity index (χ4v) is 3.21. The lowest BCUT2D eigenvalue weighted by molar-refractivity contribution is -0.121. The molecule has 0 aromatic heterocycles. The van der Waals surface area contributed by atoms with Gasteiger partial charge in [-0.05, 0) is 42.3 Å². The molecule has 0 spiro atoms. The van der Waals surface area contributed by atoms with Gasteiger partial charge in [0.2, 0.25) is 5.91 Å². The quantitative estimate of drug-likeness (QED) is 0.897. The van der Waals surface area contributed by atoms with E-state index in [0.717, 1.165) is 34.8 Å². The molecule has 2 aromatic rings. The van der Waals surface area contributed by atoms with E-state index in [2.05, 4.69) is 5.32 Å². The zero-order valence-corrected chi connectivity index (χ0v) is 15.3. The summed E-state index contributed by atoms with van der Waals surface area (Å²) in [5.74, 6) is 2.86. The zero-order valence-electron chi connectivity index (χ0n) is 15.3. The van der Waals surface area contributed by atoms with Crippen molar-refractivity contribution in [3.63, 3.8) is 0 Å². The molecule has 6 heteroatoms. The van der Waals surface area contributed by atoms with Gasteiger partial charge in [-0.1, -0.05) is 12.1 Å². The van der Waals surface area contributed by atoms with Crippen molar-refractivity contribution in [2.75, 3.05) is 26.4 Å². The van der Waals surface area contributed by atoms with Gasteiger partial charge >= 0.3 is 0 Å². The van der Waals surface area contributed by atoms with Gasteiger partial charge in [-0.2, -0.15) is 0 Å². The molecule has 142 valence electrons. The molecule has 1 unspecified atom stereocenters. The van der Waals surface area contributed by atoms with E-state index in [0.29, 0.717) is 32.2 Å². The Balaban J connectivity index is 1.40. The molecule has 1 amide bonds. The average molecular weight is 369 g/mol. The lowest BCUT2D eigenvalue weighted by Gasteiger charge is -2.19. The van der Waals surface area contributed by atoms with Crippen LogP contribution in [0.15, 0.2) is 36.4 Å². The van der Waals surface area contributed by atoms with E-state index in [1.165, 1.54) is 0 Å². The van der Waals surface area contributed by atoms with Crippen molar-refractivity contribution < 1.29 is 23.7 Å². The minimum Gasteiger partial charge on any atom is -0.490 e. The average Bonchev–Trinajstić information content (AvgIpc) is 2.92. The Morgan fingerprint density at radius 3 is 2.33 bits per heavy atom. The van der Waals surface area contributed by atoms with Crippen LogP contribution in [0.4, 0.5) is 0 Å². The van der Waals surface area contributed by atoms with Gasteiger partial charge in [0.15, 0.2) is 23.0 Å². The lowest BCUT2D eigenvalue weighted by Crippen LogP contribution is -2.28. The highest BCUT2D eigenvalue weighted by atomic mass is 16.6. The van der Waals surface area contributed by atoms with Crippen molar-refractivity contribution in [1.29, 1.82) is 0 Å². The molecule has 2 aliphatic rings. The van der Waals surface area contributed by atoms with Gasteiger partial charge in [0.25, 0.3) is 0 Å². The van der Waals surface area contributed by atoms with Crippen LogP contribution in [0.3, 0.4) is 0 Å². The van der Waals surface area contributed by atoms with E-state index < -0.39 is 0 Å². The predicted octanol–water partition coefficient (Wildman–Crippen LogP) is 3.04. The molecule has 0 fully saturated rings. The van der Waals surface area contributed by atoms with Gasteiger partial charge in [0, 0.05) is 6.42 Å². The third-order valence-corrected chi connectivity index (χ3v) is 4.62. The highest BCUT2D eigenvalue weighted by Crippen LogP contribution is 2.33. The Morgan fingerprint density at radius 2 is 1.52 bits per heavy atom. The van der Waals surface area contributed by atoms with Gasteiger partial charge in [-0.15, -0.1) is 0 Å². The molecular weight excluding hydrogens is 346 g/mol. The van der Waals surface area contributed by atoms with Crippen molar-refractivity contribution in [2.24, 2.45) is 0 Å². The summed E-state index contributed by atoms with van der Waals surface area (Å²) in [6.07, 6.45) is 1.15. The molecule has 27 heavy (non-hydrogen) atoms. The zero-order chi connectivity index (χ0) is 18.6. The molecule has 0 saturated carbocycles. The van der Waals surface area contributed by atoms with E-state index >= 15 is 0 Å². The summed E-state index contributed by atoms with van der Waals surface area (Å²) >= 11 is 0. The second-order valence-corrected chi connectivity index (χ2v) is 6.70. The second-order valence-electron chi connectivity index (χ2n) is 6.70. The Hall–Kier alpha value is -2.89. The molecule has 0 radical (unpaired) electrons. The van der Waals surface area contributed by atoms with Crippen LogP contribution in [0.1, 0.15) is 30.5 Å². The van der Waals surface area contributed by atoms with E-state index in [4.69, 9.17) is 18.9 Å². The van der Waals surface area contributed by atoms with Crippen LogP contribution < -0.4 is 24.3 Å². The van der Waals surface area contributed by atoms with E-state index in [1.807, 2.05) is 43.3 Å². The molecule has 0 saturated heterocycles. The summed E-state index contributed by atoms with van der Waals surface area (Å²) in [5, 5.41) is 3.04. The van der Waals surface area contributed by atoms with Crippen molar-refractivity contribution in [1.82, 2.24) is 5.32 Å². The van der Waals surface area contributed by atoms with Gasteiger partial charge < -0.3 is 24.3 Å². The Kier molecular flexibility index (Phi) is 5.05. The summed E-state index contributed by atoms with van der Waals surface area (Å²) < 4.78 is 22.5. The number of hydrogen-bond acceptors (Lipinski definition) is 5. The minimum absolute atomic E-state index is 0.0497. The Morgan fingerprint density at radius 1 is 0.889 bits per heavy atom. The van der Waals surface area contributed by atoms with Gasteiger partial charge in [-0.25, -0.2) is 0 Å². The van der Waals surface area contributed by atoms with Crippen LogP contribution in [-0.4, -0.2) is 32.3 Å². The normalized spacial score (nSPS) is 16.2. The largest absolute Gasteiger partial charge is 0.490 e. The number of rotatable bonds is 4. The molecule has 1 atom stereocenters. The standard InChI is InChI=1S/C21H23NO5/c1-14(16-4-6-18-20(13-16)25-8-2-7-24-18)22-21(23)12-15-3-5-17-19(11-15)27-10-9-26-17/h3-6,11,13-14H,2,7-10,12H2,1H3,(H,22,23). The molecule has 4 rings (SSSR count). The maximum atomic E-state index is 12.5. The number of carbonyl (C=O) groups is 1. The first-order valence-corrected chi connectivity index (χ1v) is 9.26. The number of nitrogens with one attached hydrogen (secondary N) is 1. The molecule has 2 aromatic carbocycles. The monoisotopic (exact) mass is 369 g/mol. The van der Waals surface area contributed by atoms with Crippen LogP contribution in [0.25, 0.3) is 0 Å². The number of hydrogen-bond donors (Lipinski definition) is 1. The number of carbonyl (C=O) groups excluding carboxylic acids is 1.